The maximum atomic E-state index is 12.7. The van der Waals surface area contributed by atoms with Crippen molar-refractivity contribution in [3.63, 3.8) is 0 Å². The molecule has 0 spiro atoms. The summed E-state index contributed by atoms with van der Waals surface area (Å²) in [5.41, 5.74) is 4.11. The Morgan fingerprint density at radius 3 is 2.72 bits per heavy atom. The van der Waals surface area contributed by atoms with Crippen LogP contribution in [0.2, 0.25) is 0 Å². The van der Waals surface area contributed by atoms with Crippen molar-refractivity contribution in [2.45, 2.75) is 25.4 Å². The van der Waals surface area contributed by atoms with Gasteiger partial charge in [-0.25, -0.2) is 14.8 Å². The minimum atomic E-state index is -0.440. The number of fused-ring (bicyclic) bond motifs is 1. The molecule has 1 aromatic heterocycles. The fourth-order valence-electron chi connectivity index (χ4n) is 3.68. The summed E-state index contributed by atoms with van der Waals surface area (Å²) in [7, 11) is 0. The zero-order chi connectivity index (χ0) is 22.5. The summed E-state index contributed by atoms with van der Waals surface area (Å²) >= 11 is 0. The molecule has 0 saturated carbocycles. The van der Waals surface area contributed by atoms with Crippen molar-refractivity contribution in [2.75, 3.05) is 0 Å². The lowest BCUT2D eigenvalue weighted by Gasteiger charge is -2.14. The van der Waals surface area contributed by atoms with E-state index in [-0.39, 0.29) is 24.0 Å². The quantitative estimate of drug-likeness (QED) is 0.613. The normalized spacial score (nSPS) is 14.0. The molecule has 0 bridgehead atoms. The maximum absolute atomic E-state index is 12.7. The maximum Gasteiger partial charge on any atom is 0.270 e. The molecular weight excluding hydrogens is 404 g/mol. The Morgan fingerprint density at radius 1 is 1.12 bits per heavy atom. The van der Waals surface area contributed by atoms with Crippen LogP contribution in [0.5, 0.6) is 0 Å². The van der Waals surface area contributed by atoms with Gasteiger partial charge < -0.3 is 10.6 Å². The highest BCUT2D eigenvalue weighted by atomic mass is 16.2. The first-order chi connectivity index (χ1) is 15.6. The van der Waals surface area contributed by atoms with Crippen LogP contribution in [0, 0.1) is 17.9 Å². The Morgan fingerprint density at radius 2 is 1.94 bits per heavy atom. The van der Waals surface area contributed by atoms with Crippen LogP contribution in [-0.2, 0) is 13.0 Å². The third-order valence-corrected chi connectivity index (χ3v) is 5.28. The van der Waals surface area contributed by atoms with Crippen molar-refractivity contribution in [3.8, 4) is 6.07 Å². The highest BCUT2D eigenvalue weighted by molar-refractivity contribution is 5.97. The zero-order valence-electron chi connectivity index (χ0n) is 17.0. The standard InChI is InChI=1S/C24H18N6O2/c1-26-18-4-2-3-16(10-18)13-27-23(31)21-11-22(29-14-28-21)24(32)30-20-8-6-17-9-15(12-25)5-7-19(17)20/h2-5,7,9-11,14,20H,6,8,13H2,(H,27,31)(H,30,32)/t20-/m0/s1. The number of carbonyl (C=O) groups is 2. The summed E-state index contributed by atoms with van der Waals surface area (Å²) in [6, 6.07) is 15.7. The molecule has 0 fully saturated rings. The van der Waals surface area contributed by atoms with E-state index in [4.69, 9.17) is 11.8 Å². The molecule has 156 valence electrons. The summed E-state index contributed by atoms with van der Waals surface area (Å²) in [5, 5.41) is 14.7. The lowest BCUT2D eigenvalue weighted by atomic mass is 10.1. The predicted molar refractivity (Wildman–Crippen MR) is 116 cm³/mol. The van der Waals surface area contributed by atoms with Gasteiger partial charge in [0.2, 0.25) is 0 Å². The summed E-state index contributed by atoms with van der Waals surface area (Å²) in [5.74, 6) is -0.835. The molecule has 1 aliphatic carbocycles. The predicted octanol–water partition coefficient (Wildman–Crippen LogP) is 3.25. The van der Waals surface area contributed by atoms with Gasteiger partial charge in [-0.2, -0.15) is 5.26 Å². The van der Waals surface area contributed by atoms with Gasteiger partial charge in [-0.05, 0) is 41.7 Å². The minimum Gasteiger partial charge on any atom is -0.347 e. The number of nitrogens with zero attached hydrogens (tertiary/aromatic N) is 4. The number of aryl methyl sites for hydroxylation is 1. The van der Waals surface area contributed by atoms with Gasteiger partial charge in [-0.3, -0.25) is 9.59 Å². The van der Waals surface area contributed by atoms with E-state index in [1.165, 1.54) is 12.4 Å². The van der Waals surface area contributed by atoms with Gasteiger partial charge in [0.05, 0.1) is 24.2 Å². The molecule has 0 aliphatic heterocycles. The summed E-state index contributed by atoms with van der Waals surface area (Å²) in [6.45, 7) is 7.30. The Labute approximate surface area is 184 Å². The molecule has 2 amide bonds. The van der Waals surface area contributed by atoms with E-state index in [0.717, 1.165) is 29.5 Å². The first-order valence-electron chi connectivity index (χ1n) is 9.98. The molecule has 1 atom stereocenters. The number of hydrogen-bond acceptors (Lipinski definition) is 5. The topological polar surface area (TPSA) is 112 Å². The number of aromatic nitrogens is 2. The van der Waals surface area contributed by atoms with Crippen molar-refractivity contribution in [1.82, 2.24) is 20.6 Å². The number of nitrogens with one attached hydrogen (secondary N) is 2. The molecule has 2 N–H and O–H groups in total. The second-order valence-electron chi connectivity index (χ2n) is 7.34. The Kier molecular flexibility index (Phi) is 5.87. The monoisotopic (exact) mass is 422 g/mol. The van der Waals surface area contributed by atoms with E-state index >= 15 is 0 Å². The second-order valence-corrected chi connectivity index (χ2v) is 7.34. The van der Waals surface area contributed by atoms with Gasteiger partial charge in [0.1, 0.15) is 17.7 Å². The average molecular weight is 422 g/mol. The highest BCUT2D eigenvalue weighted by Crippen LogP contribution is 2.31. The molecule has 0 radical (unpaired) electrons. The van der Waals surface area contributed by atoms with Gasteiger partial charge in [0.15, 0.2) is 5.69 Å². The number of amides is 2. The van der Waals surface area contributed by atoms with Crippen molar-refractivity contribution in [2.24, 2.45) is 0 Å². The Hall–Kier alpha value is -4.56. The molecule has 8 heteroatoms. The van der Waals surface area contributed by atoms with Crippen LogP contribution in [0.25, 0.3) is 4.85 Å². The molecular formula is C24H18N6O2. The van der Waals surface area contributed by atoms with E-state index in [0.29, 0.717) is 11.3 Å². The largest absolute Gasteiger partial charge is 0.347 e. The van der Waals surface area contributed by atoms with Gasteiger partial charge in [0.25, 0.3) is 11.8 Å². The van der Waals surface area contributed by atoms with Crippen LogP contribution < -0.4 is 10.6 Å². The number of nitriles is 1. The molecule has 1 aliphatic rings. The lowest BCUT2D eigenvalue weighted by molar-refractivity contribution is 0.0931. The summed E-state index contributed by atoms with van der Waals surface area (Å²) in [4.78, 5) is 36.6. The SMILES string of the molecule is [C-]#[N+]c1cccc(CNC(=O)c2cc(C(=O)N[C@H]3CCc4cc(C#N)ccc43)ncn2)c1. The van der Waals surface area contributed by atoms with Crippen LogP contribution in [0.1, 0.15) is 55.7 Å². The van der Waals surface area contributed by atoms with Gasteiger partial charge in [-0.15, -0.1) is 0 Å². The van der Waals surface area contributed by atoms with Crippen LogP contribution >= 0.6 is 0 Å². The smallest absolute Gasteiger partial charge is 0.270 e. The molecule has 32 heavy (non-hydrogen) atoms. The molecule has 8 nitrogen and oxygen atoms in total. The Bertz CT molecular complexity index is 1290. The van der Waals surface area contributed by atoms with Crippen molar-refractivity contribution in [1.29, 1.82) is 5.26 Å². The van der Waals surface area contributed by atoms with Crippen molar-refractivity contribution >= 4 is 17.5 Å². The second kappa shape index (κ2) is 9.07. The summed E-state index contributed by atoms with van der Waals surface area (Å²) in [6.07, 6.45) is 2.70. The lowest BCUT2D eigenvalue weighted by Crippen LogP contribution is -2.29. The fraction of sp³-hybridized carbons (Fsp3) is 0.167. The number of hydrogen-bond donors (Lipinski definition) is 2. The van der Waals surface area contributed by atoms with Gasteiger partial charge in [-0.1, -0.05) is 30.3 Å². The first-order valence-corrected chi connectivity index (χ1v) is 9.98. The van der Waals surface area contributed by atoms with E-state index in [1.54, 1.807) is 24.3 Å². The van der Waals surface area contributed by atoms with Crippen LogP contribution in [-0.4, -0.2) is 21.8 Å². The Balaban J connectivity index is 1.42. The minimum absolute atomic E-state index is 0.0805. The molecule has 1 heterocycles. The van der Waals surface area contributed by atoms with Gasteiger partial charge in [0, 0.05) is 12.6 Å². The van der Waals surface area contributed by atoms with E-state index in [9.17, 15) is 9.59 Å². The summed E-state index contributed by atoms with van der Waals surface area (Å²) < 4.78 is 0. The molecule has 0 saturated heterocycles. The van der Waals surface area contributed by atoms with Crippen LogP contribution in [0.15, 0.2) is 54.9 Å². The van der Waals surface area contributed by atoms with Crippen molar-refractivity contribution < 1.29 is 9.59 Å². The van der Waals surface area contributed by atoms with E-state index in [2.05, 4.69) is 31.5 Å². The van der Waals surface area contributed by atoms with Crippen LogP contribution in [0.4, 0.5) is 5.69 Å². The zero-order valence-corrected chi connectivity index (χ0v) is 17.0. The molecule has 4 rings (SSSR count). The number of rotatable bonds is 5. The number of benzene rings is 2. The fourth-order valence-corrected chi connectivity index (χ4v) is 3.68. The third-order valence-electron chi connectivity index (χ3n) is 5.28. The van der Waals surface area contributed by atoms with E-state index < -0.39 is 11.8 Å². The van der Waals surface area contributed by atoms with Crippen LogP contribution in [0.3, 0.4) is 0 Å². The van der Waals surface area contributed by atoms with Crippen molar-refractivity contribution in [3.05, 3.63) is 99.9 Å². The van der Waals surface area contributed by atoms with Gasteiger partial charge >= 0.3 is 0 Å². The molecule has 3 aromatic rings. The molecule has 2 aromatic carbocycles. The molecule has 0 unspecified atom stereocenters. The number of carbonyl (C=O) groups excluding carboxylic acids is 2. The van der Waals surface area contributed by atoms with E-state index in [1.807, 2.05) is 18.2 Å². The highest BCUT2D eigenvalue weighted by Gasteiger charge is 2.25. The third kappa shape index (κ3) is 4.45. The average Bonchev–Trinajstić information content (AvgIpc) is 3.24. The first kappa shape index (κ1) is 20.7.